The molecule has 4 nitrogen and oxygen atoms in total. The van der Waals surface area contributed by atoms with E-state index in [2.05, 4.69) is 21.2 Å². The van der Waals surface area contributed by atoms with E-state index in [9.17, 15) is 4.79 Å². The molecule has 104 valence electrons. The Bertz CT molecular complexity index is 447. The third-order valence-electron chi connectivity index (χ3n) is 3.07. The second-order valence-electron chi connectivity index (χ2n) is 4.84. The van der Waals surface area contributed by atoms with E-state index >= 15 is 0 Å². The Morgan fingerprint density at radius 1 is 1.47 bits per heavy atom. The van der Waals surface area contributed by atoms with E-state index < -0.39 is 0 Å². The molecule has 5 heteroatoms. The summed E-state index contributed by atoms with van der Waals surface area (Å²) in [5.74, 6) is 0.680. The lowest BCUT2D eigenvalue weighted by Gasteiger charge is -2.08. The molecule has 3 N–H and O–H groups in total. The lowest BCUT2D eigenvalue weighted by Crippen LogP contribution is -2.25. The summed E-state index contributed by atoms with van der Waals surface area (Å²) in [6.07, 6.45) is 3.44. The molecule has 1 saturated carbocycles. The molecule has 0 atom stereocenters. The number of anilines is 1. The van der Waals surface area contributed by atoms with Crippen molar-refractivity contribution in [3.05, 3.63) is 28.2 Å². The van der Waals surface area contributed by atoms with Crippen LogP contribution in [0, 0.1) is 5.92 Å². The highest BCUT2D eigenvalue weighted by molar-refractivity contribution is 9.10. The Morgan fingerprint density at radius 2 is 2.26 bits per heavy atom. The molecule has 1 aliphatic carbocycles. The van der Waals surface area contributed by atoms with Crippen LogP contribution >= 0.6 is 15.9 Å². The minimum absolute atomic E-state index is 0.110. The highest BCUT2D eigenvalue weighted by Gasteiger charge is 2.20. The van der Waals surface area contributed by atoms with Gasteiger partial charge in [0, 0.05) is 25.4 Å². The van der Waals surface area contributed by atoms with Gasteiger partial charge in [-0.3, -0.25) is 4.79 Å². The predicted molar refractivity (Wildman–Crippen MR) is 79.0 cm³/mol. The van der Waals surface area contributed by atoms with Crippen molar-refractivity contribution in [1.82, 2.24) is 5.32 Å². The van der Waals surface area contributed by atoms with Crippen molar-refractivity contribution in [2.75, 3.05) is 25.5 Å². The molecule has 0 unspecified atom stereocenters. The third kappa shape index (κ3) is 4.51. The molecule has 19 heavy (non-hydrogen) atoms. The standard InChI is InChI=1S/C14H19BrN2O2/c15-13-11(3-1-4-12(13)16)14(18)17-7-2-8-19-9-10-5-6-10/h1,3-4,10H,2,5-9,16H2,(H,17,18). The van der Waals surface area contributed by atoms with Crippen LogP contribution in [-0.2, 0) is 4.74 Å². The smallest absolute Gasteiger partial charge is 0.252 e. The van der Waals surface area contributed by atoms with Gasteiger partial charge in [0.1, 0.15) is 0 Å². The first kappa shape index (κ1) is 14.3. The summed E-state index contributed by atoms with van der Waals surface area (Å²) in [7, 11) is 0. The van der Waals surface area contributed by atoms with Crippen LogP contribution in [0.15, 0.2) is 22.7 Å². The quantitative estimate of drug-likeness (QED) is 0.598. The first-order chi connectivity index (χ1) is 9.18. The molecule has 1 amide bonds. The van der Waals surface area contributed by atoms with Gasteiger partial charge in [0.25, 0.3) is 5.91 Å². The largest absolute Gasteiger partial charge is 0.398 e. The Kier molecular flexibility index (Phi) is 5.22. The Morgan fingerprint density at radius 3 is 3.00 bits per heavy atom. The van der Waals surface area contributed by atoms with Gasteiger partial charge in [-0.05, 0) is 53.2 Å². The molecule has 1 aliphatic rings. The van der Waals surface area contributed by atoms with E-state index in [4.69, 9.17) is 10.5 Å². The minimum atomic E-state index is -0.110. The average Bonchev–Trinajstić information content (AvgIpc) is 3.20. The zero-order chi connectivity index (χ0) is 13.7. The zero-order valence-electron chi connectivity index (χ0n) is 10.8. The molecule has 1 fully saturated rings. The van der Waals surface area contributed by atoms with Crippen molar-refractivity contribution in [2.45, 2.75) is 19.3 Å². The summed E-state index contributed by atoms with van der Waals surface area (Å²) in [5, 5.41) is 2.87. The number of hydrogen-bond donors (Lipinski definition) is 2. The molecule has 0 saturated heterocycles. The Labute approximate surface area is 121 Å². The summed E-state index contributed by atoms with van der Waals surface area (Å²) in [6.45, 7) is 2.19. The highest BCUT2D eigenvalue weighted by atomic mass is 79.9. The van der Waals surface area contributed by atoms with E-state index in [0.29, 0.717) is 28.9 Å². The second-order valence-corrected chi connectivity index (χ2v) is 5.63. The SMILES string of the molecule is Nc1cccc(C(=O)NCCCOCC2CC2)c1Br. The normalized spacial score (nSPS) is 14.4. The molecule has 1 aromatic rings. The number of nitrogen functional groups attached to an aromatic ring is 1. The average molecular weight is 327 g/mol. The van der Waals surface area contributed by atoms with Crippen LogP contribution in [-0.4, -0.2) is 25.7 Å². The molecule has 1 aromatic carbocycles. The van der Waals surface area contributed by atoms with Gasteiger partial charge >= 0.3 is 0 Å². The highest BCUT2D eigenvalue weighted by Crippen LogP contribution is 2.28. The van der Waals surface area contributed by atoms with Crippen molar-refractivity contribution < 1.29 is 9.53 Å². The number of rotatable bonds is 7. The van der Waals surface area contributed by atoms with E-state index in [1.807, 2.05) is 0 Å². The number of hydrogen-bond acceptors (Lipinski definition) is 3. The van der Waals surface area contributed by atoms with Crippen molar-refractivity contribution in [2.24, 2.45) is 5.92 Å². The number of ether oxygens (including phenoxy) is 1. The number of halogens is 1. The molecule has 0 heterocycles. The van der Waals surface area contributed by atoms with Crippen LogP contribution in [0.1, 0.15) is 29.6 Å². The van der Waals surface area contributed by atoms with Crippen LogP contribution in [0.4, 0.5) is 5.69 Å². The molecular formula is C14H19BrN2O2. The zero-order valence-corrected chi connectivity index (χ0v) is 12.4. The Hall–Kier alpha value is -1.07. The molecule has 2 rings (SSSR count). The maximum Gasteiger partial charge on any atom is 0.252 e. The number of carbonyl (C=O) groups excluding carboxylic acids is 1. The summed E-state index contributed by atoms with van der Waals surface area (Å²) in [6, 6.07) is 5.28. The first-order valence-electron chi connectivity index (χ1n) is 6.58. The molecular weight excluding hydrogens is 308 g/mol. The molecule has 0 radical (unpaired) electrons. The summed E-state index contributed by atoms with van der Waals surface area (Å²) >= 11 is 3.33. The van der Waals surface area contributed by atoms with Gasteiger partial charge in [0.05, 0.1) is 10.0 Å². The van der Waals surface area contributed by atoms with Crippen molar-refractivity contribution in [3.8, 4) is 0 Å². The fourth-order valence-corrected chi connectivity index (χ4v) is 2.18. The molecule has 0 aliphatic heterocycles. The van der Waals surface area contributed by atoms with Gasteiger partial charge in [-0.1, -0.05) is 6.07 Å². The summed E-state index contributed by atoms with van der Waals surface area (Å²) in [5.41, 5.74) is 6.88. The number of amides is 1. The van der Waals surface area contributed by atoms with E-state index in [1.54, 1.807) is 18.2 Å². The Balaban J connectivity index is 1.67. The third-order valence-corrected chi connectivity index (χ3v) is 3.96. The van der Waals surface area contributed by atoms with Crippen LogP contribution < -0.4 is 11.1 Å². The fraction of sp³-hybridized carbons (Fsp3) is 0.500. The maximum absolute atomic E-state index is 11.9. The van der Waals surface area contributed by atoms with Crippen molar-refractivity contribution >= 4 is 27.5 Å². The first-order valence-corrected chi connectivity index (χ1v) is 7.37. The van der Waals surface area contributed by atoms with Crippen LogP contribution in [0.25, 0.3) is 0 Å². The fourth-order valence-electron chi connectivity index (χ4n) is 1.73. The van der Waals surface area contributed by atoms with Gasteiger partial charge in [-0.25, -0.2) is 0 Å². The number of benzene rings is 1. The van der Waals surface area contributed by atoms with Crippen molar-refractivity contribution in [3.63, 3.8) is 0 Å². The van der Waals surface area contributed by atoms with Gasteiger partial charge in [-0.2, -0.15) is 0 Å². The minimum Gasteiger partial charge on any atom is -0.398 e. The van der Waals surface area contributed by atoms with Gasteiger partial charge < -0.3 is 15.8 Å². The molecule has 0 spiro atoms. The topological polar surface area (TPSA) is 64.4 Å². The van der Waals surface area contributed by atoms with Crippen LogP contribution in [0.3, 0.4) is 0 Å². The van der Waals surface area contributed by atoms with Crippen molar-refractivity contribution in [1.29, 1.82) is 0 Å². The maximum atomic E-state index is 11.9. The summed E-state index contributed by atoms with van der Waals surface area (Å²) < 4.78 is 6.16. The van der Waals surface area contributed by atoms with Gasteiger partial charge in [0.2, 0.25) is 0 Å². The molecule has 0 aromatic heterocycles. The monoisotopic (exact) mass is 326 g/mol. The number of nitrogens with one attached hydrogen (secondary N) is 1. The van der Waals surface area contributed by atoms with Crippen LogP contribution in [0.2, 0.25) is 0 Å². The van der Waals surface area contributed by atoms with Gasteiger partial charge in [-0.15, -0.1) is 0 Å². The lowest BCUT2D eigenvalue weighted by atomic mass is 10.2. The number of carbonyl (C=O) groups is 1. The van der Waals surface area contributed by atoms with E-state index in [0.717, 1.165) is 18.9 Å². The molecule has 0 bridgehead atoms. The number of nitrogens with two attached hydrogens (primary N) is 1. The van der Waals surface area contributed by atoms with E-state index in [-0.39, 0.29) is 5.91 Å². The van der Waals surface area contributed by atoms with Crippen LogP contribution in [0.5, 0.6) is 0 Å². The van der Waals surface area contributed by atoms with E-state index in [1.165, 1.54) is 12.8 Å². The van der Waals surface area contributed by atoms with Gasteiger partial charge in [0.15, 0.2) is 0 Å². The second kappa shape index (κ2) is 6.91. The summed E-state index contributed by atoms with van der Waals surface area (Å²) in [4.78, 5) is 11.9. The predicted octanol–water partition coefficient (Wildman–Crippen LogP) is 2.58. The lowest BCUT2D eigenvalue weighted by molar-refractivity contribution is 0.0936.